The number of carboxylic acids is 1. The maximum Gasteiger partial charge on any atom is 0.358 e. The van der Waals surface area contributed by atoms with Crippen LogP contribution < -0.4 is 5.32 Å². The third-order valence-electron chi connectivity index (χ3n) is 4.34. The molecule has 3 rings (SSSR count). The summed E-state index contributed by atoms with van der Waals surface area (Å²) in [6.07, 6.45) is 4.45. The summed E-state index contributed by atoms with van der Waals surface area (Å²) in [7, 11) is 0. The zero-order valence-electron chi connectivity index (χ0n) is 11.9. The third-order valence-corrected chi connectivity index (χ3v) is 4.34. The van der Waals surface area contributed by atoms with Gasteiger partial charge in [-0.05, 0) is 32.7 Å². The molecule has 2 fully saturated rings. The Balaban J connectivity index is 1.59. The van der Waals surface area contributed by atoms with Gasteiger partial charge in [0.05, 0.1) is 17.8 Å². The van der Waals surface area contributed by atoms with Gasteiger partial charge in [0.2, 0.25) is 5.91 Å². The number of aromatic carboxylic acids is 1. The largest absolute Gasteiger partial charge is 0.476 e. The van der Waals surface area contributed by atoms with Gasteiger partial charge in [-0.15, -0.1) is 5.10 Å². The Bertz CT molecular complexity index is 558. The first-order valence-corrected chi connectivity index (χ1v) is 7.19. The molecule has 2 aliphatic heterocycles. The summed E-state index contributed by atoms with van der Waals surface area (Å²) in [6.45, 7) is 3.95. The van der Waals surface area contributed by atoms with E-state index in [0.29, 0.717) is 13.1 Å². The maximum atomic E-state index is 12.5. The van der Waals surface area contributed by atoms with E-state index >= 15 is 0 Å². The molecule has 0 spiro atoms. The summed E-state index contributed by atoms with van der Waals surface area (Å²) >= 11 is 0. The van der Waals surface area contributed by atoms with Crippen LogP contribution in [0.1, 0.15) is 42.7 Å². The second-order valence-corrected chi connectivity index (χ2v) is 5.97. The van der Waals surface area contributed by atoms with Crippen LogP contribution in [0.3, 0.4) is 0 Å². The van der Waals surface area contributed by atoms with Crippen LogP contribution in [0, 0.1) is 0 Å². The molecule has 2 saturated heterocycles. The smallest absolute Gasteiger partial charge is 0.358 e. The van der Waals surface area contributed by atoms with Gasteiger partial charge in [0.25, 0.3) is 0 Å². The van der Waals surface area contributed by atoms with Crippen LogP contribution in [0.2, 0.25) is 0 Å². The summed E-state index contributed by atoms with van der Waals surface area (Å²) in [5, 5.41) is 19.5. The molecule has 1 unspecified atom stereocenters. The van der Waals surface area contributed by atoms with Gasteiger partial charge in [-0.2, -0.15) is 0 Å². The molecule has 0 bridgehead atoms. The van der Waals surface area contributed by atoms with Crippen LogP contribution >= 0.6 is 0 Å². The molecule has 0 saturated carbocycles. The van der Waals surface area contributed by atoms with Crippen molar-refractivity contribution in [1.82, 2.24) is 25.2 Å². The second kappa shape index (κ2) is 5.10. The van der Waals surface area contributed by atoms with Crippen molar-refractivity contribution in [2.45, 2.75) is 37.8 Å². The van der Waals surface area contributed by atoms with E-state index in [1.165, 1.54) is 10.9 Å². The van der Waals surface area contributed by atoms with Crippen molar-refractivity contribution >= 4 is 11.9 Å². The van der Waals surface area contributed by atoms with Crippen molar-refractivity contribution in [2.75, 3.05) is 19.6 Å². The van der Waals surface area contributed by atoms with Gasteiger partial charge in [-0.1, -0.05) is 5.21 Å². The minimum atomic E-state index is -1.09. The fourth-order valence-electron chi connectivity index (χ4n) is 2.93. The molecule has 0 radical (unpaired) electrons. The number of carbonyl (C=O) groups is 2. The monoisotopic (exact) mass is 293 g/mol. The van der Waals surface area contributed by atoms with E-state index in [0.717, 1.165) is 25.8 Å². The molecule has 1 aromatic heterocycles. The van der Waals surface area contributed by atoms with Crippen LogP contribution in [-0.2, 0) is 4.79 Å². The highest BCUT2D eigenvalue weighted by Crippen LogP contribution is 2.27. The Morgan fingerprint density at radius 2 is 2.19 bits per heavy atom. The van der Waals surface area contributed by atoms with E-state index in [9.17, 15) is 9.59 Å². The zero-order chi connectivity index (χ0) is 15.0. The van der Waals surface area contributed by atoms with Crippen LogP contribution in [0.15, 0.2) is 6.20 Å². The number of likely N-dealkylation sites (tertiary alicyclic amines) is 1. The molecule has 3 heterocycles. The van der Waals surface area contributed by atoms with Gasteiger partial charge in [0.1, 0.15) is 0 Å². The van der Waals surface area contributed by atoms with Crippen molar-refractivity contribution in [3.63, 3.8) is 0 Å². The molecule has 2 aliphatic rings. The Kier molecular flexibility index (Phi) is 3.40. The quantitative estimate of drug-likeness (QED) is 0.806. The summed E-state index contributed by atoms with van der Waals surface area (Å²) in [5.41, 5.74) is -0.529. The Morgan fingerprint density at radius 3 is 2.76 bits per heavy atom. The molecule has 1 aromatic rings. The standard InChI is InChI=1S/C13H19N5O3/c1-13(4-2-3-5-14-13)12(21)17-6-9(7-17)18-8-10(11(19)20)15-16-18/h8-9,14H,2-7H2,1H3,(H,19,20). The van der Waals surface area contributed by atoms with Gasteiger partial charge in [0, 0.05) is 13.1 Å². The third kappa shape index (κ3) is 2.51. The van der Waals surface area contributed by atoms with E-state index in [2.05, 4.69) is 15.6 Å². The summed E-state index contributed by atoms with van der Waals surface area (Å²) < 4.78 is 1.53. The number of aromatic nitrogens is 3. The molecule has 2 N–H and O–H groups in total. The van der Waals surface area contributed by atoms with Gasteiger partial charge in [-0.25, -0.2) is 9.48 Å². The van der Waals surface area contributed by atoms with Gasteiger partial charge in [0.15, 0.2) is 5.69 Å². The molecule has 0 aromatic carbocycles. The number of amides is 1. The van der Waals surface area contributed by atoms with Gasteiger partial charge >= 0.3 is 5.97 Å². The SMILES string of the molecule is CC1(C(=O)N2CC(n3cc(C(=O)O)nn3)C2)CCCCN1. The number of nitrogens with zero attached hydrogens (tertiary/aromatic N) is 4. The Hall–Kier alpha value is -1.96. The average molecular weight is 293 g/mol. The normalized spacial score (nSPS) is 26.4. The number of hydrogen-bond donors (Lipinski definition) is 2. The lowest BCUT2D eigenvalue weighted by molar-refractivity contribution is -0.145. The summed E-state index contributed by atoms with van der Waals surface area (Å²) in [4.78, 5) is 25.1. The minimum Gasteiger partial charge on any atom is -0.476 e. The minimum absolute atomic E-state index is 0.0155. The molecule has 8 nitrogen and oxygen atoms in total. The number of piperidine rings is 1. The van der Waals surface area contributed by atoms with Crippen molar-refractivity contribution in [3.8, 4) is 0 Å². The van der Waals surface area contributed by atoms with E-state index in [4.69, 9.17) is 5.11 Å². The lowest BCUT2D eigenvalue weighted by atomic mass is 9.88. The number of nitrogens with one attached hydrogen (secondary N) is 1. The number of hydrogen-bond acceptors (Lipinski definition) is 5. The molecule has 0 aliphatic carbocycles. The lowest BCUT2D eigenvalue weighted by Crippen LogP contribution is -2.63. The summed E-state index contributed by atoms with van der Waals surface area (Å²) in [5.74, 6) is -0.968. The van der Waals surface area contributed by atoms with Crippen molar-refractivity contribution in [1.29, 1.82) is 0 Å². The highest BCUT2D eigenvalue weighted by Gasteiger charge is 2.42. The van der Waals surface area contributed by atoms with E-state index in [1.807, 2.05) is 6.92 Å². The van der Waals surface area contributed by atoms with Crippen LogP contribution in [-0.4, -0.2) is 62.0 Å². The average Bonchev–Trinajstić information content (AvgIpc) is 2.87. The Labute approximate surface area is 122 Å². The fourth-order valence-corrected chi connectivity index (χ4v) is 2.93. The predicted molar refractivity (Wildman–Crippen MR) is 72.9 cm³/mol. The first-order valence-electron chi connectivity index (χ1n) is 7.19. The van der Waals surface area contributed by atoms with E-state index < -0.39 is 11.5 Å². The van der Waals surface area contributed by atoms with Gasteiger partial charge in [-0.3, -0.25) is 4.79 Å². The van der Waals surface area contributed by atoms with E-state index in [-0.39, 0.29) is 17.6 Å². The van der Waals surface area contributed by atoms with Crippen LogP contribution in [0.25, 0.3) is 0 Å². The molecular weight excluding hydrogens is 274 g/mol. The van der Waals surface area contributed by atoms with Gasteiger partial charge < -0.3 is 15.3 Å². The first-order chi connectivity index (χ1) is 9.99. The second-order valence-electron chi connectivity index (χ2n) is 5.97. The van der Waals surface area contributed by atoms with Crippen LogP contribution in [0.4, 0.5) is 0 Å². The predicted octanol–water partition coefficient (Wildman–Crippen LogP) is -0.108. The van der Waals surface area contributed by atoms with Crippen molar-refractivity contribution < 1.29 is 14.7 Å². The lowest BCUT2D eigenvalue weighted by Gasteiger charge is -2.45. The molecule has 21 heavy (non-hydrogen) atoms. The zero-order valence-corrected chi connectivity index (χ0v) is 11.9. The first kappa shape index (κ1) is 14.0. The van der Waals surface area contributed by atoms with Crippen molar-refractivity contribution in [3.05, 3.63) is 11.9 Å². The molecular formula is C13H19N5O3. The topological polar surface area (TPSA) is 100 Å². The Morgan fingerprint density at radius 1 is 1.43 bits per heavy atom. The molecule has 8 heteroatoms. The summed E-state index contributed by atoms with van der Waals surface area (Å²) in [6, 6.07) is 0.0155. The van der Waals surface area contributed by atoms with Crippen LogP contribution in [0.5, 0.6) is 0 Å². The maximum absolute atomic E-state index is 12.5. The molecule has 1 amide bonds. The fraction of sp³-hybridized carbons (Fsp3) is 0.692. The number of carbonyl (C=O) groups excluding carboxylic acids is 1. The highest BCUT2D eigenvalue weighted by molar-refractivity contribution is 5.87. The van der Waals surface area contributed by atoms with E-state index in [1.54, 1.807) is 4.90 Å². The molecule has 114 valence electrons. The molecule has 1 atom stereocenters. The van der Waals surface area contributed by atoms with Crippen molar-refractivity contribution in [2.24, 2.45) is 0 Å². The number of rotatable bonds is 3. The highest BCUT2D eigenvalue weighted by atomic mass is 16.4. The number of carboxylic acid groups (broad SMARTS) is 1.